The summed E-state index contributed by atoms with van der Waals surface area (Å²) in [7, 11) is 0. The Labute approximate surface area is 230 Å². The molecule has 200 valence electrons. The zero-order chi connectivity index (χ0) is 28.1. The molecule has 1 heterocycles. The molecule has 0 aliphatic heterocycles. The minimum atomic E-state index is 0.332. The third-order valence-corrected chi connectivity index (χ3v) is 7.09. The number of aromatic nitrogens is 1. The summed E-state index contributed by atoms with van der Waals surface area (Å²) in [5.41, 5.74) is 11.9. The molecule has 1 aromatic heterocycles. The van der Waals surface area contributed by atoms with Crippen LogP contribution in [-0.4, -0.2) is 16.4 Å². The van der Waals surface area contributed by atoms with Gasteiger partial charge in [-0.15, -0.1) is 0 Å². The lowest BCUT2D eigenvalue weighted by atomic mass is 9.89. The van der Waals surface area contributed by atoms with Crippen molar-refractivity contribution in [3.63, 3.8) is 0 Å². The number of benzene rings is 2. The van der Waals surface area contributed by atoms with Gasteiger partial charge in [0.25, 0.3) is 0 Å². The summed E-state index contributed by atoms with van der Waals surface area (Å²) in [5, 5.41) is 0. The van der Waals surface area contributed by atoms with Crippen LogP contribution in [0.15, 0.2) is 65.1 Å². The number of rotatable bonds is 9. The SMILES string of the molecule is C=Cc1ccc(C(C)C)c(N=C(C)c2cccc(C(C)=Nc3c(C(C)C)cccc3C(C)C)n2)c1C(C)C. The number of hydrogen-bond acceptors (Lipinski definition) is 3. The molecule has 3 aromatic rings. The molecule has 3 nitrogen and oxygen atoms in total. The van der Waals surface area contributed by atoms with Crippen LogP contribution in [0.4, 0.5) is 11.4 Å². The molecule has 0 aliphatic rings. The van der Waals surface area contributed by atoms with Crippen molar-refractivity contribution in [1.82, 2.24) is 4.98 Å². The summed E-state index contributed by atoms with van der Waals surface area (Å²) in [6.07, 6.45) is 1.94. The minimum absolute atomic E-state index is 0.332. The van der Waals surface area contributed by atoms with Crippen LogP contribution in [0, 0.1) is 0 Å². The maximum Gasteiger partial charge on any atom is 0.0849 e. The standard InChI is InChI=1S/C35H45N3/c1-12-27-19-20-30(23(6)7)35(33(27)24(8)9)37-26(11)32-18-14-17-31(38-32)25(10)36-34-28(21(2)3)15-13-16-29(34)22(4)5/h12-24H,1H2,2-11H3. The van der Waals surface area contributed by atoms with Crippen molar-refractivity contribution in [3.8, 4) is 0 Å². The van der Waals surface area contributed by atoms with E-state index in [1.54, 1.807) is 0 Å². The highest BCUT2D eigenvalue weighted by molar-refractivity contribution is 6.02. The molecule has 2 aromatic carbocycles. The van der Waals surface area contributed by atoms with Crippen molar-refractivity contribution in [3.05, 3.63) is 94.3 Å². The van der Waals surface area contributed by atoms with Gasteiger partial charge in [0.05, 0.1) is 34.2 Å². The van der Waals surface area contributed by atoms with Crippen molar-refractivity contribution in [2.75, 3.05) is 0 Å². The van der Waals surface area contributed by atoms with Gasteiger partial charge in [0.2, 0.25) is 0 Å². The molecule has 38 heavy (non-hydrogen) atoms. The predicted octanol–water partition coefficient (Wildman–Crippen LogP) is 10.5. The van der Waals surface area contributed by atoms with Crippen LogP contribution in [0.25, 0.3) is 6.08 Å². The average molecular weight is 508 g/mol. The zero-order valence-electron chi connectivity index (χ0n) is 25.1. The van der Waals surface area contributed by atoms with E-state index in [1.807, 2.05) is 18.2 Å². The molecule has 0 spiro atoms. The van der Waals surface area contributed by atoms with Crippen LogP contribution in [0.5, 0.6) is 0 Å². The van der Waals surface area contributed by atoms with Crippen LogP contribution in [0.2, 0.25) is 0 Å². The molecule has 0 amide bonds. The molecule has 0 saturated carbocycles. The number of pyridine rings is 1. The lowest BCUT2D eigenvalue weighted by Crippen LogP contribution is -2.07. The number of aliphatic imine (C=N–C) groups is 2. The van der Waals surface area contributed by atoms with E-state index in [-0.39, 0.29) is 0 Å². The highest BCUT2D eigenvalue weighted by atomic mass is 14.8. The van der Waals surface area contributed by atoms with Gasteiger partial charge in [-0.3, -0.25) is 9.98 Å². The van der Waals surface area contributed by atoms with Gasteiger partial charge in [-0.2, -0.15) is 0 Å². The molecular weight excluding hydrogens is 462 g/mol. The quantitative estimate of drug-likeness (QED) is 0.265. The second kappa shape index (κ2) is 12.5. The van der Waals surface area contributed by atoms with E-state index < -0.39 is 0 Å². The normalized spacial score (nSPS) is 12.8. The monoisotopic (exact) mass is 507 g/mol. The Morgan fingerprint density at radius 2 is 1.08 bits per heavy atom. The molecule has 0 bridgehead atoms. The van der Waals surface area contributed by atoms with Crippen LogP contribution in [0.1, 0.15) is 132 Å². The lowest BCUT2D eigenvalue weighted by molar-refractivity contribution is 0.832. The Balaban J connectivity index is 2.13. The first kappa shape index (κ1) is 29.2. The topological polar surface area (TPSA) is 37.6 Å². The smallest absolute Gasteiger partial charge is 0.0849 e. The first-order chi connectivity index (χ1) is 18.0. The van der Waals surface area contributed by atoms with Crippen LogP contribution in [-0.2, 0) is 0 Å². The van der Waals surface area contributed by atoms with Gasteiger partial charge >= 0.3 is 0 Å². The highest BCUT2D eigenvalue weighted by Crippen LogP contribution is 2.38. The molecule has 0 saturated heterocycles. The third kappa shape index (κ3) is 6.38. The molecule has 0 aliphatic carbocycles. The van der Waals surface area contributed by atoms with Gasteiger partial charge in [0.15, 0.2) is 0 Å². The average Bonchev–Trinajstić information content (AvgIpc) is 2.87. The van der Waals surface area contributed by atoms with E-state index in [1.165, 1.54) is 22.3 Å². The molecule has 0 unspecified atom stereocenters. The van der Waals surface area contributed by atoms with E-state index in [9.17, 15) is 0 Å². The largest absolute Gasteiger partial charge is 0.251 e. The summed E-state index contributed by atoms with van der Waals surface area (Å²) in [6.45, 7) is 26.0. The van der Waals surface area contributed by atoms with Gasteiger partial charge in [0.1, 0.15) is 0 Å². The Hall–Kier alpha value is -3.33. The summed E-state index contributed by atoms with van der Waals surface area (Å²) in [6, 6.07) is 17.0. The fourth-order valence-corrected chi connectivity index (χ4v) is 4.94. The fraction of sp³-hybridized carbons (Fsp3) is 0.400. The Morgan fingerprint density at radius 1 is 0.632 bits per heavy atom. The van der Waals surface area contributed by atoms with Crippen molar-refractivity contribution in [2.24, 2.45) is 9.98 Å². The van der Waals surface area contributed by atoms with E-state index in [2.05, 4.69) is 112 Å². The molecule has 0 atom stereocenters. The van der Waals surface area contributed by atoms with Crippen molar-refractivity contribution < 1.29 is 0 Å². The van der Waals surface area contributed by atoms with E-state index in [0.717, 1.165) is 39.7 Å². The lowest BCUT2D eigenvalue weighted by Gasteiger charge is -2.20. The fourth-order valence-electron chi connectivity index (χ4n) is 4.94. The zero-order valence-corrected chi connectivity index (χ0v) is 25.1. The molecule has 0 N–H and O–H groups in total. The Morgan fingerprint density at radius 3 is 1.53 bits per heavy atom. The predicted molar refractivity (Wildman–Crippen MR) is 167 cm³/mol. The number of nitrogens with zero attached hydrogens (tertiary/aromatic N) is 3. The highest BCUT2D eigenvalue weighted by Gasteiger charge is 2.18. The number of para-hydroxylation sites is 1. The Bertz CT molecular complexity index is 1330. The second-order valence-electron chi connectivity index (χ2n) is 11.4. The van der Waals surface area contributed by atoms with Gasteiger partial charge in [-0.05, 0) is 77.5 Å². The summed E-state index contributed by atoms with van der Waals surface area (Å²) < 4.78 is 0. The van der Waals surface area contributed by atoms with Crippen molar-refractivity contribution in [2.45, 2.75) is 92.9 Å². The Kier molecular flexibility index (Phi) is 9.60. The van der Waals surface area contributed by atoms with Gasteiger partial charge in [-0.1, -0.05) is 104 Å². The summed E-state index contributed by atoms with van der Waals surface area (Å²) >= 11 is 0. The first-order valence-electron chi connectivity index (χ1n) is 14.0. The van der Waals surface area contributed by atoms with Crippen LogP contribution >= 0.6 is 0 Å². The molecule has 3 heteroatoms. The summed E-state index contributed by atoms with van der Waals surface area (Å²) in [5.74, 6) is 1.48. The molecule has 0 fully saturated rings. The van der Waals surface area contributed by atoms with Gasteiger partial charge in [-0.25, -0.2) is 4.98 Å². The summed E-state index contributed by atoms with van der Waals surface area (Å²) in [4.78, 5) is 15.4. The van der Waals surface area contributed by atoms with E-state index in [0.29, 0.717) is 23.7 Å². The van der Waals surface area contributed by atoms with E-state index in [4.69, 9.17) is 15.0 Å². The third-order valence-electron chi connectivity index (χ3n) is 7.09. The minimum Gasteiger partial charge on any atom is -0.251 e. The van der Waals surface area contributed by atoms with Crippen molar-refractivity contribution in [1.29, 1.82) is 0 Å². The maximum absolute atomic E-state index is 5.21. The van der Waals surface area contributed by atoms with Gasteiger partial charge < -0.3 is 0 Å². The van der Waals surface area contributed by atoms with Crippen molar-refractivity contribution >= 4 is 28.9 Å². The van der Waals surface area contributed by atoms with E-state index >= 15 is 0 Å². The van der Waals surface area contributed by atoms with Crippen LogP contribution in [0.3, 0.4) is 0 Å². The van der Waals surface area contributed by atoms with Gasteiger partial charge in [0, 0.05) is 0 Å². The first-order valence-corrected chi connectivity index (χ1v) is 14.0. The second-order valence-corrected chi connectivity index (χ2v) is 11.4. The van der Waals surface area contributed by atoms with Crippen LogP contribution < -0.4 is 0 Å². The molecule has 0 radical (unpaired) electrons. The molecular formula is C35H45N3. The maximum atomic E-state index is 5.21. The number of hydrogen-bond donors (Lipinski definition) is 0. The molecule has 3 rings (SSSR count).